The smallest absolute Gasteiger partial charge is 0.254 e. The zero-order valence-electron chi connectivity index (χ0n) is 12.0. The van der Waals surface area contributed by atoms with Gasteiger partial charge in [0, 0.05) is 24.7 Å². The first-order valence-electron chi connectivity index (χ1n) is 7.29. The van der Waals surface area contributed by atoms with Gasteiger partial charge in [0.2, 0.25) is 0 Å². The molecule has 0 aliphatic carbocycles. The lowest BCUT2D eigenvalue weighted by molar-refractivity contribution is 0.0623. The Hall–Kier alpha value is -1.58. The predicted molar refractivity (Wildman–Crippen MR) is 88.9 cm³/mol. The zero-order valence-corrected chi connectivity index (χ0v) is 12.8. The molecule has 0 spiro atoms. The normalized spacial score (nSPS) is 18.3. The predicted octanol–water partition coefficient (Wildman–Crippen LogP) is 3.22. The minimum Gasteiger partial charge on any atom is -0.334 e. The lowest BCUT2D eigenvalue weighted by Crippen LogP contribution is -2.47. The van der Waals surface area contributed by atoms with Gasteiger partial charge in [-0.15, -0.1) is 12.4 Å². The third kappa shape index (κ3) is 3.20. The Kier molecular flexibility index (Phi) is 5.21. The maximum Gasteiger partial charge on any atom is 0.254 e. The van der Waals surface area contributed by atoms with E-state index in [2.05, 4.69) is 6.07 Å². The van der Waals surface area contributed by atoms with Crippen LogP contribution in [0.4, 0.5) is 0 Å². The summed E-state index contributed by atoms with van der Waals surface area (Å²) in [7, 11) is 0. The summed E-state index contributed by atoms with van der Waals surface area (Å²) in [5, 5.41) is 2.28. The van der Waals surface area contributed by atoms with Crippen LogP contribution in [0.25, 0.3) is 10.8 Å². The van der Waals surface area contributed by atoms with Gasteiger partial charge in [-0.1, -0.05) is 30.3 Å². The molecule has 1 unspecified atom stereocenters. The number of halogens is 1. The average molecular weight is 305 g/mol. The number of nitrogens with two attached hydrogens (primary N) is 1. The van der Waals surface area contributed by atoms with Crippen molar-refractivity contribution in [2.75, 3.05) is 13.1 Å². The van der Waals surface area contributed by atoms with Gasteiger partial charge in [-0.05, 0) is 42.2 Å². The molecule has 1 amide bonds. The topological polar surface area (TPSA) is 46.3 Å². The lowest BCUT2D eigenvalue weighted by atomic mass is 10.00. The summed E-state index contributed by atoms with van der Waals surface area (Å²) in [6, 6.07) is 14.2. The van der Waals surface area contributed by atoms with Crippen LogP contribution < -0.4 is 5.73 Å². The second-order valence-corrected chi connectivity index (χ2v) is 5.45. The van der Waals surface area contributed by atoms with Crippen LogP contribution in [0.1, 0.15) is 29.6 Å². The molecule has 2 N–H and O–H groups in total. The van der Waals surface area contributed by atoms with E-state index in [9.17, 15) is 4.79 Å². The Labute approximate surface area is 131 Å². The van der Waals surface area contributed by atoms with Gasteiger partial charge in [-0.25, -0.2) is 0 Å². The van der Waals surface area contributed by atoms with E-state index in [4.69, 9.17) is 5.73 Å². The molecule has 0 radical (unpaired) electrons. The second kappa shape index (κ2) is 6.92. The van der Waals surface area contributed by atoms with Crippen molar-refractivity contribution in [3.8, 4) is 0 Å². The number of hydrogen-bond donors (Lipinski definition) is 1. The van der Waals surface area contributed by atoms with E-state index in [-0.39, 0.29) is 24.4 Å². The number of carbonyl (C=O) groups excluding carboxylic acids is 1. The fourth-order valence-corrected chi connectivity index (χ4v) is 3.00. The fourth-order valence-electron chi connectivity index (χ4n) is 3.00. The van der Waals surface area contributed by atoms with Crippen molar-refractivity contribution in [2.45, 2.75) is 25.3 Å². The van der Waals surface area contributed by atoms with Crippen LogP contribution in [-0.4, -0.2) is 29.9 Å². The molecule has 2 aromatic rings. The molecule has 3 nitrogen and oxygen atoms in total. The number of likely N-dealkylation sites (tertiary alicyclic amines) is 1. The van der Waals surface area contributed by atoms with Crippen LogP contribution in [0, 0.1) is 0 Å². The summed E-state index contributed by atoms with van der Waals surface area (Å²) in [5.74, 6) is 0.117. The third-order valence-corrected chi connectivity index (χ3v) is 4.16. The van der Waals surface area contributed by atoms with E-state index in [1.54, 1.807) is 0 Å². The monoisotopic (exact) mass is 304 g/mol. The van der Waals surface area contributed by atoms with Crippen molar-refractivity contribution in [3.05, 3.63) is 48.0 Å². The van der Waals surface area contributed by atoms with Gasteiger partial charge in [0.05, 0.1) is 0 Å². The number of hydrogen-bond acceptors (Lipinski definition) is 2. The van der Waals surface area contributed by atoms with Crippen LogP contribution in [0.3, 0.4) is 0 Å². The summed E-state index contributed by atoms with van der Waals surface area (Å²) in [6.45, 7) is 1.38. The first-order valence-corrected chi connectivity index (χ1v) is 7.29. The van der Waals surface area contributed by atoms with Gasteiger partial charge in [0.1, 0.15) is 0 Å². The number of carbonyl (C=O) groups is 1. The zero-order chi connectivity index (χ0) is 13.9. The van der Waals surface area contributed by atoms with Gasteiger partial charge in [-0.3, -0.25) is 4.79 Å². The molecule has 0 aromatic heterocycles. The van der Waals surface area contributed by atoms with Gasteiger partial charge in [0.15, 0.2) is 0 Å². The highest BCUT2D eigenvalue weighted by molar-refractivity contribution is 5.98. The minimum absolute atomic E-state index is 0. The molecule has 21 heavy (non-hydrogen) atoms. The van der Waals surface area contributed by atoms with Crippen molar-refractivity contribution < 1.29 is 4.79 Å². The summed E-state index contributed by atoms with van der Waals surface area (Å²) in [5.41, 5.74) is 6.57. The second-order valence-electron chi connectivity index (χ2n) is 5.45. The SMILES string of the molecule is Cl.NCC1CCCCN1C(=O)c1ccc2ccccc2c1. The third-order valence-electron chi connectivity index (χ3n) is 4.16. The average Bonchev–Trinajstić information content (AvgIpc) is 2.53. The number of fused-ring (bicyclic) bond motifs is 1. The van der Waals surface area contributed by atoms with Crippen LogP contribution in [0.2, 0.25) is 0 Å². The summed E-state index contributed by atoms with van der Waals surface area (Å²) >= 11 is 0. The number of nitrogens with zero attached hydrogens (tertiary/aromatic N) is 1. The van der Waals surface area contributed by atoms with Crippen molar-refractivity contribution in [3.63, 3.8) is 0 Å². The molecule has 1 saturated heterocycles. The Bertz CT molecular complexity index is 629. The summed E-state index contributed by atoms with van der Waals surface area (Å²) < 4.78 is 0. The molecule has 1 atom stereocenters. The Balaban J connectivity index is 0.00000161. The van der Waals surface area contributed by atoms with Crippen LogP contribution >= 0.6 is 12.4 Å². The number of piperidine rings is 1. The van der Waals surface area contributed by atoms with Gasteiger partial charge in [0.25, 0.3) is 5.91 Å². The molecule has 0 saturated carbocycles. The standard InChI is InChI=1S/C17H20N2O.ClH/c18-12-16-7-3-4-10-19(16)17(20)15-9-8-13-5-1-2-6-14(13)11-15;/h1-2,5-6,8-9,11,16H,3-4,7,10,12,18H2;1H. The molecule has 1 fully saturated rings. The lowest BCUT2D eigenvalue weighted by Gasteiger charge is -2.35. The van der Waals surface area contributed by atoms with E-state index in [0.29, 0.717) is 6.54 Å². The fraction of sp³-hybridized carbons (Fsp3) is 0.353. The Morgan fingerprint density at radius 1 is 1.14 bits per heavy atom. The Morgan fingerprint density at radius 3 is 2.67 bits per heavy atom. The number of benzene rings is 2. The molecule has 1 aliphatic heterocycles. The highest BCUT2D eigenvalue weighted by Crippen LogP contribution is 2.21. The van der Waals surface area contributed by atoms with Gasteiger partial charge < -0.3 is 10.6 Å². The maximum absolute atomic E-state index is 12.7. The van der Waals surface area contributed by atoms with E-state index < -0.39 is 0 Å². The van der Waals surface area contributed by atoms with Crippen LogP contribution in [0.5, 0.6) is 0 Å². The Morgan fingerprint density at radius 2 is 1.90 bits per heavy atom. The largest absolute Gasteiger partial charge is 0.334 e. The van der Waals surface area contributed by atoms with Crippen molar-refractivity contribution in [1.29, 1.82) is 0 Å². The van der Waals surface area contributed by atoms with Gasteiger partial charge >= 0.3 is 0 Å². The molecular weight excluding hydrogens is 284 g/mol. The molecule has 1 aliphatic rings. The van der Waals surface area contributed by atoms with Crippen molar-refractivity contribution in [1.82, 2.24) is 4.90 Å². The van der Waals surface area contributed by atoms with Crippen molar-refractivity contribution in [2.24, 2.45) is 5.73 Å². The van der Waals surface area contributed by atoms with Crippen molar-refractivity contribution >= 4 is 29.1 Å². The highest BCUT2D eigenvalue weighted by Gasteiger charge is 2.26. The highest BCUT2D eigenvalue weighted by atomic mass is 35.5. The molecule has 1 heterocycles. The first kappa shape index (κ1) is 15.8. The van der Waals surface area contributed by atoms with E-state index in [0.717, 1.165) is 35.7 Å². The van der Waals surface area contributed by atoms with E-state index in [1.807, 2.05) is 41.3 Å². The molecule has 112 valence electrons. The van der Waals surface area contributed by atoms with Crippen LogP contribution in [0.15, 0.2) is 42.5 Å². The van der Waals surface area contributed by atoms with E-state index in [1.165, 1.54) is 6.42 Å². The molecule has 2 aromatic carbocycles. The maximum atomic E-state index is 12.7. The molecule has 4 heteroatoms. The molecule has 3 rings (SSSR count). The quantitative estimate of drug-likeness (QED) is 0.926. The first-order chi connectivity index (χ1) is 9.79. The van der Waals surface area contributed by atoms with Crippen LogP contribution in [-0.2, 0) is 0 Å². The minimum atomic E-state index is 0. The summed E-state index contributed by atoms with van der Waals surface area (Å²) in [6.07, 6.45) is 3.27. The number of amides is 1. The summed E-state index contributed by atoms with van der Waals surface area (Å²) in [4.78, 5) is 14.6. The molecular formula is C17H21ClN2O. The van der Waals surface area contributed by atoms with E-state index >= 15 is 0 Å². The molecule has 0 bridgehead atoms. The van der Waals surface area contributed by atoms with Gasteiger partial charge in [-0.2, -0.15) is 0 Å². The number of rotatable bonds is 2.